The summed E-state index contributed by atoms with van der Waals surface area (Å²) in [6.45, 7) is 3.92. The van der Waals surface area contributed by atoms with Gasteiger partial charge in [-0.15, -0.1) is 5.73 Å². The van der Waals surface area contributed by atoms with Crippen molar-refractivity contribution < 1.29 is 5.11 Å². The Labute approximate surface area is 69.4 Å². The molecule has 0 amide bonds. The fraction of sp³-hybridized carbons (Fsp3) is 0.700. The highest BCUT2D eigenvalue weighted by atomic mass is 16.3. The molecular weight excluding hydrogens is 136 g/mol. The van der Waals surface area contributed by atoms with Crippen molar-refractivity contribution in [3.63, 3.8) is 0 Å². The summed E-state index contributed by atoms with van der Waals surface area (Å²) in [4.78, 5) is 0. The second kappa shape index (κ2) is 7.59. The zero-order valence-electron chi connectivity index (χ0n) is 7.51. The maximum atomic E-state index is 8.82. The largest absolute Gasteiger partial charge is 0.389 e. The second-order valence-electron chi connectivity index (χ2n) is 2.77. The summed E-state index contributed by atoms with van der Waals surface area (Å²) in [6.07, 6.45) is 8.15. The lowest BCUT2D eigenvalue weighted by molar-refractivity contribution is 0.244. The quantitative estimate of drug-likeness (QED) is 0.477. The minimum absolute atomic E-state index is 0.363. The number of unbranched alkanes of at least 4 members (excludes halogenated alkanes) is 3. The number of aliphatic hydroxyl groups excluding tert-OH is 1. The van der Waals surface area contributed by atoms with Crippen LogP contribution in [0.25, 0.3) is 0 Å². The first-order chi connectivity index (χ1) is 5.27. The minimum Gasteiger partial charge on any atom is -0.389 e. The summed E-state index contributed by atoms with van der Waals surface area (Å²) in [5.74, 6) is 0. The fourth-order valence-electron chi connectivity index (χ4n) is 0.787. The summed E-state index contributed by atoms with van der Waals surface area (Å²) >= 11 is 0. The molecule has 1 atom stereocenters. The van der Waals surface area contributed by atoms with Crippen LogP contribution in [0.1, 0.15) is 39.5 Å². The summed E-state index contributed by atoms with van der Waals surface area (Å²) < 4.78 is 0. The van der Waals surface area contributed by atoms with E-state index in [1.807, 2.05) is 6.08 Å². The molecule has 0 fully saturated rings. The van der Waals surface area contributed by atoms with E-state index in [2.05, 4.69) is 12.7 Å². The molecule has 0 bridgehead atoms. The molecule has 0 radical (unpaired) electrons. The van der Waals surface area contributed by atoms with Crippen LogP contribution in [0.5, 0.6) is 0 Å². The van der Waals surface area contributed by atoms with Crippen molar-refractivity contribution in [3.05, 3.63) is 17.9 Å². The van der Waals surface area contributed by atoms with E-state index >= 15 is 0 Å². The Kier molecular flexibility index (Phi) is 7.23. The Morgan fingerprint density at radius 1 is 1.45 bits per heavy atom. The van der Waals surface area contributed by atoms with Crippen molar-refractivity contribution in [2.45, 2.75) is 45.6 Å². The highest BCUT2D eigenvalue weighted by Gasteiger charge is 1.82. The van der Waals surface area contributed by atoms with Gasteiger partial charge in [0.15, 0.2) is 0 Å². The lowest BCUT2D eigenvalue weighted by Gasteiger charge is -1.89. The Bertz CT molecular complexity index is 130. The summed E-state index contributed by atoms with van der Waals surface area (Å²) in [6, 6.07) is 0. The molecule has 1 nitrogen and oxygen atoms in total. The number of hydrogen-bond acceptors (Lipinski definition) is 1. The maximum Gasteiger partial charge on any atom is 0.0766 e. The Morgan fingerprint density at radius 2 is 2.18 bits per heavy atom. The Morgan fingerprint density at radius 3 is 2.73 bits per heavy atom. The van der Waals surface area contributed by atoms with Crippen LogP contribution in [0, 0.1) is 0 Å². The molecule has 0 rings (SSSR count). The minimum atomic E-state index is -0.363. The van der Waals surface area contributed by atoms with Gasteiger partial charge in [-0.3, -0.25) is 0 Å². The van der Waals surface area contributed by atoms with Gasteiger partial charge in [0.1, 0.15) is 0 Å². The van der Waals surface area contributed by atoms with Crippen molar-refractivity contribution in [2.24, 2.45) is 0 Å². The van der Waals surface area contributed by atoms with Gasteiger partial charge in [-0.2, -0.15) is 0 Å². The topological polar surface area (TPSA) is 20.2 Å². The first-order valence-corrected chi connectivity index (χ1v) is 4.36. The molecule has 1 heteroatoms. The smallest absolute Gasteiger partial charge is 0.0766 e. The normalized spacial score (nSPS) is 11.9. The first-order valence-electron chi connectivity index (χ1n) is 4.36. The predicted octanol–water partition coefficient (Wildman–Crippen LogP) is 2.66. The highest BCUT2D eigenvalue weighted by Crippen LogP contribution is 1.98. The third kappa shape index (κ3) is 9.48. The number of aliphatic hydroxyl groups is 1. The molecule has 0 aromatic heterocycles. The fourth-order valence-corrected chi connectivity index (χ4v) is 0.787. The van der Waals surface area contributed by atoms with E-state index in [-0.39, 0.29) is 6.10 Å². The molecule has 11 heavy (non-hydrogen) atoms. The van der Waals surface area contributed by atoms with Gasteiger partial charge in [-0.1, -0.05) is 19.8 Å². The molecule has 64 valence electrons. The van der Waals surface area contributed by atoms with Crippen molar-refractivity contribution in [1.29, 1.82) is 0 Å². The molecule has 0 spiro atoms. The molecule has 1 unspecified atom stereocenters. The van der Waals surface area contributed by atoms with Crippen LogP contribution >= 0.6 is 0 Å². The SMILES string of the molecule is CCCCCC=C=CC(C)O. The van der Waals surface area contributed by atoms with Crippen LogP contribution in [-0.4, -0.2) is 11.2 Å². The summed E-state index contributed by atoms with van der Waals surface area (Å²) in [5, 5.41) is 8.82. The molecule has 0 aliphatic heterocycles. The van der Waals surface area contributed by atoms with E-state index in [1.165, 1.54) is 19.3 Å². The van der Waals surface area contributed by atoms with Crippen LogP contribution in [0.2, 0.25) is 0 Å². The molecule has 0 aromatic carbocycles. The van der Waals surface area contributed by atoms with Crippen LogP contribution in [0.4, 0.5) is 0 Å². The van der Waals surface area contributed by atoms with Gasteiger partial charge in [0.05, 0.1) is 6.10 Å². The van der Waals surface area contributed by atoms with Gasteiger partial charge >= 0.3 is 0 Å². The molecule has 0 aliphatic rings. The van der Waals surface area contributed by atoms with Crippen molar-refractivity contribution in [2.75, 3.05) is 0 Å². The van der Waals surface area contributed by atoms with Crippen molar-refractivity contribution in [1.82, 2.24) is 0 Å². The van der Waals surface area contributed by atoms with Gasteiger partial charge in [-0.25, -0.2) is 0 Å². The molecule has 0 saturated heterocycles. The second-order valence-corrected chi connectivity index (χ2v) is 2.77. The van der Waals surface area contributed by atoms with Crippen molar-refractivity contribution in [3.8, 4) is 0 Å². The van der Waals surface area contributed by atoms with E-state index in [0.717, 1.165) is 6.42 Å². The molecule has 0 heterocycles. The zero-order valence-corrected chi connectivity index (χ0v) is 7.51. The molecular formula is C10H18O. The van der Waals surface area contributed by atoms with Gasteiger partial charge in [0, 0.05) is 0 Å². The van der Waals surface area contributed by atoms with Crippen LogP contribution < -0.4 is 0 Å². The standard InChI is InChI=1S/C10H18O/c1-3-4-5-6-7-8-9-10(2)11/h7,9-11H,3-6H2,1-2H3. The number of hydrogen-bond donors (Lipinski definition) is 1. The lowest BCUT2D eigenvalue weighted by Crippen LogP contribution is -1.89. The lowest BCUT2D eigenvalue weighted by atomic mass is 10.2. The van der Waals surface area contributed by atoms with Crippen LogP contribution in [-0.2, 0) is 0 Å². The average Bonchev–Trinajstić information content (AvgIpc) is 1.96. The Hall–Kier alpha value is -0.520. The Balaban J connectivity index is 3.29. The van der Waals surface area contributed by atoms with Gasteiger partial charge in [-0.05, 0) is 31.9 Å². The third-order valence-corrected chi connectivity index (χ3v) is 1.41. The van der Waals surface area contributed by atoms with E-state index in [0.29, 0.717) is 0 Å². The van der Waals surface area contributed by atoms with E-state index < -0.39 is 0 Å². The summed E-state index contributed by atoms with van der Waals surface area (Å²) in [5.41, 5.74) is 2.94. The number of rotatable bonds is 5. The molecule has 1 N–H and O–H groups in total. The first kappa shape index (κ1) is 10.5. The summed E-state index contributed by atoms with van der Waals surface area (Å²) in [7, 11) is 0. The maximum absolute atomic E-state index is 8.82. The average molecular weight is 154 g/mol. The monoisotopic (exact) mass is 154 g/mol. The van der Waals surface area contributed by atoms with Gasteiger partial charge < -0.3 is 5.11 Å². The van der Waals surface area contributed by atoms with E-state index in [4.69, 9.17) is 5.11 Å². The van der Waals surface area contributed by atoms with Crippen LogP contribution in [0.15, 0.2) is 17.9 Å². The highest BCUT2D eigenvalue weighted by molar-refractivity contribution is 4.87. The predicted molar refractivity (Wildman–Crippen MR) is 48.5 cm³/mol. The third-order valence-electron chi connectivity index (χ3n) is 1.41. The van der Waals surface area contributed by atoms with E-state index in [9.17, 15) is 0 Å². The van der Waals surface area contributed by atoms with Crippen molar-refractivity contribution >= 4 is 0 Å². The van der Waals surface area contributed by atoms with E-state index in [1.54, 1.807) is 13.0 Å². The van der Waals surface area contributed by atoms with Crippen LogP contribution in [0.3, 0.4) is 0 Å². The zero-order chi connectivity index (χ0) is 8.53. The van der Waals surface area contributed by atoms with Gasteiger partial charge in [0.2, 0.25) is 0 Å². The molecule has 0 aliphatic carbocycles. The molecule has 0 saturated carbocycles. The van der Waals surface area contributed by atoms with Gasteiger partial charge in [0.25, 0.3) is 0 Å². The molecule has 0 aromatic rings.